The second-order valence-corrected chi connectivity index (χ2v) is 1.50. The average Bonchev–Trinajstić information content (AvgIpc) is 2.34. The third-order valence-corrected chi connectivity index (χ3v) is 0.917. The molecule has 3 heteroatoms. The molecule has 0 saturated carbocycles. The highest BCUT2D eigenvalue weighted by molar-refractivity contribution is 5.44. The van der Waals surface area contributed by atoms with Crippen molar-refractivity contribution in [3.05, 3.63) is 29.2 Å². The lowest BCUT2D eigenvalue weighted by Crippen LogP contribution is -1.56. The van der Waals surface area contributed by atoms with Crippen LogP contribution in [0.1, 0.15) is 5.56 Å². The fraction of sp³-hybridized carbons (Fsp3) is 0. The van der Waals surface area contributed by atoms with Crippen molar-refractivity contribution in [1.82, 2.24) is 4.98 Å². The molecule has 0 aliphatic heterocycles. The summed E-state index contributed by atoms with van der Waals surface area (Å²) in [5, 5.41) is 8.27. The van der Waals surface area contributed by atoms with E-state index >= 15 is 0 Å². The van der Waals surface area contributed by atoms with Crippen molar-refractivity contribution in [3.8, 4) is 6.07 Å². The molecule has 0 atom stereocenters. The van der Waals surface area contributed by atoms with Gasteiger partial charge in [-0.3, -0.25) is 0 Å². The quantitative estimate of drug-likeness (QED) is 0.513. The van der Waals surface area contributed by atoms with Gasteiger partial charge in [0, 0.05) is 0 Å². The standard InChI is InChI=1S/C6H3N3/c1-8-6-2-5(3-7)4-9-6/h2,4,9H. The van der Waals surface area contributed by atoms with Gasteiger partial charge >= 0.3 is 0 Å². The molecule has 0 spiro atoms. The van der Waals surface area contributed by atoms with E-state index < -0.39 is 0 Å². The molecule has 1 rings (SSSR count). The molecule has 0 saturated heterocycles. The van der Waals surface area contributed by atoms with Gasteiger partial charge in [0.25, 0.3) is 0 Å². The number of nitrogens with one attached hydrogen (secondary N) is 1. The van der Waals surface area contributed by atoms with Gasteiger partial charge in [-0.1, -0.05) is 6.57 Å². The van der Waals surface area contributed by atoms with E-state index in [1.807, 2.05) is 6.07 Å². The van der Waals surface area contributed by atoms with Gasteiger partial charge in [-0.05, 0) is 6.07 Å². The highest BCUT2D eigenvalue weighted by atomic mass is 14.9. The molecule has 0 unspecified atom stereocenters. The molecular weight excluding hydrogens is 114 g/mol. The third-order valence-electron chi connectivity index (χ3n) is 0.917. The monoisotopic (exact) mass is 117 g/mol. The molecule has 1 aromatic heterocycles. The fourth-order valence-corrected chi connectivity index (χ4v) is 0.511. The van der Waals surface area contributed by atoms with Gasteiger partial charge in [-0.25, -0.2) is 0 Å². The maximum absolute atomic E-state index is 8.27. The molecule has 1 heterocycles. The lowest BCUT2D eigenvalue weighted by molar-refractivity contribution is 1.42. The number of hydrogen-bond acceptors (Lipinski definition) is 1. The molecule has 0 aromatic carbocycles. The van der Waals surface area contributed by atoms with Gasteiger partial charge in [-0.2, -0.15) is 5.26 Å². The molecule has 0 amide bonds. The van der Waals surface area contributed by atoms with Gasteiger partial charge in [0.05, 0.1) is 11.8 Å². The van der Waals surface area contributed by atoms with Crippen LogP contribution in [0.25, 0.3) is 4.85 Å². The lowest BCUT2D eigenvalue weighted by Gasteiger charge is -1.71. The van der Waals surface area contributed by atoms with Crippen LogP contribution in [0.3, 0.4) is 0 Å². The van der Waals surface area contributed by atoms with Crippen LogP contribution < -0.4 is 0 Å². The minimum atomic E-state index is 0.409. The van der Waals surface area contributed by atoms with Crippen LogP contribution in [0.15, 0.2) is 12.3 Å². The van der Waals surface area contributed by atoms with E-state index in [0.717, 1.165) is 0 Å². The minimum absolute atomic E-state index is 0.409. The number of aromatic nitrogens is 1. The van der Waals surface area contributed by atoms with Crippen LogP contribution in [0.5, 0.6) is 0 Å². The van der Waals surface area contributed by atoms with Crippen molar-refractivity contribution < 1.29 is 0 Å². The fourth-order valence-electron chi connectivity index (χ4n) is 0.511. The predicted octanol–water partition coefficient (Wildman–Crippen LogP) is 1.44. The van der Waals surface area contributed by atoms with Crippen LogP contribution in [-0.2, 0) is 0 Å². The normalized spacial score (nSPS) is 7.78. The number of nitriles is 1. The summed E-state index contributed by atoms with van der Waals surface area (Å²) in [6.45, 7) is 6.52. The highest BCUT2D eigenvalue weighted by Gasteiger charge is 1.93. The molecule has 0 aliphatic rings. The Balaban J connectivity index is 3.08. The Morgan fingerprint density at radius 2 is 2.56 bits per heavy atom. The second kappa shape index (κ2) is 2.02. The van der Waals surface area contributed by atoms with E-state index in [2.05, 4.69) is 9.83 Å². The Bertz CT molecular complexity index is 255. The zero-order chi connectivity index (χ0) is 6.69. The van der Waals surface area contributed by atoms with Crippen molar-refractivity contribution in [1.29, 1.82) is 5.26 Å². The van der Waals surface area contributed by atoms with Crippen LogP contribution in [0, 0.1) is 17.9 Å². The molecule has 0 aliphatic carbocycles. The number of H-pyrrole nitrogens is 1. The third kappa shape index (κ3) is 0.896. The Morgan fingerprint density at radius 3 is 2.89 bits per heavy atom. The Kier molecular flexibility index (Phi) is 1.21. The zero-order valence-electron chi connectivity index (χ0n) is 4.55. The lowest BCUT2D eigenvalue weighted by atomic mass is 10.4. The summed E-state index contributed by atoms with van der Waals surface area (Å²) in [5.41, 5.74) is 0.501. The summed E-state index contributed by atoms with van der Waals surface area (Å²) in [5.74, 6) is 0.409. The zero-order valence-corrected chi connectivity index (χ0v) is 4.55. The summed E-state index contributed by atoms with van der Waals surface area (Å²) in [6.07, 6.45) is 1.51. The maximum Gasteiger partial charge on any atom is 0.229 e. The molecular formula is C6H3N3. The topological polar surface area (TPSA) is 43.9 Å². The van der Waals surface area contributed by atoms with Crippen LogP contribution >= 0.6 is 0 Å². The summed E-state index contributed by atoms with van der Waals surface area (Å²) in [6, 6.07) is 3.41. The summed E-state index contributed by atoms with van der Waals surface area (Å²) >= 11 is 0. The Morgan fingerprint density at radius 1 is 1.78 bits per heavy atom. The van der Waals surface area contributed by atoms with Crippen LogP contribution in [-0.4, -0.2) is 4.98 Å². The van der Waals surface area contributed by atoms with Crippen molar-refractivity contribution in [3.63, 3.8) is 0 Å². The molecule has 42 valence electrons. The molecule has 9 heavy (non-hydrogen) atoms. The van der Waals surface area contributed by atoms with E-state index in [1.54, 1.807) is 0 Å². The van der Waals surface area contributed by atoms with E-state index in [9.17, 15) is 0 Å². The van der Waals surface area contributed by atoms with Gasteiger partial charge in [0.15, 0.2) is 0 Å². The van der Waals surface area contributed by atoms with Gasteiger partial charge < -0.3 is 9.83 Å². The van der Waals surface area contributed by atoms with Crippen molar-refractivity contribution in [2.75, 3.05) is 0 Å². The van der Waals surface area contributed by atoms with Gasteiger partial charge in [-0.15, -0.1) is 0 Å². The van der Waals surface area contributed by atoms with Crippen LogP contribution in [0.2, 0.25) is 0 Å². The minimum Gasteiger partial charge on any atom is -0.364 e. The molecule has 1 aromatic rings. The van der Waals surface area contributed by atoms with Crippen molar-refractivity contribution in [2.45, 2.75) is 0 Å². The summed E-state index contributed by atoms with van der Waals surface area (Å²) in [4.78, 5) is 5.71. The van der Waals surface area contributed by atoms with E-state index in [1.165, 1.54) is 12.3 Å². The first-order valence-corrected chi connectivity index (χ1v) is 2.33. The molecule has 0 fully saturated rings. The van der Waals surface area contributed by atoms with Crippen molar-refractivity contribution >= 4 is 5.82 Å². The van der Waals surface area contributed by atoms with E-state index in [-0.39, 0.29) is 0 Å². The first kappa shape index (κ1) is 5.40. The van der Waals surface area contributed by atoms with Crippen LogP contribution in [0.4, 0.5) is 5.82 Å². The Labute approximate surface area is 52.4 Å². The summed E-state index contributed by atoms with van der Waals surface area (Å²) < 4.78 is 0. The highest BCUT2D eigenvalue weighted by Crippen LogP contribution is 2.09. The SMILES string of the molecule is [C-]#[N+]c1cc(C#N)c[nH]1. The largest absolute Gasteiger partial charge is 0.364 e. The number of nitrogens with zero attached hydrogens (tertiary/aromatic N) is 2. The maximum atomic E-state index is 8.27. The van der Waals surface area contributed by atoms with Gasteiger partial charge in [0.2, 0.25) is 5.82 Å². The average molecular weight is 117 g/mol. The predicted molar refractivity (Wildman–Crippen MR) is 31.8 cm³/mol. The first-order chi connectivity index (χ1) is 4.36. The number of rotatable bonds is 0. The smallest absolute Gasteiger partial charge is 0.229 e. The van der Waals surface area contributed by atoms with E-state index in [4.69, 9.17) is 11.8 Å². The second-order valence-electron chi connectivity index (χ2n) is 1.50. The molecule has 3 nitrogen and oxygen atoms in total. The number of hydrogen-bond donors (Lipinski definition) is 1. The van der Waals surface area contributed by atoms with Gasteiger partial charge in [0.1, 0.15) is 6.07 Å². The number of aromatic amines is 1. The molecule has 1 N–H and O–H groups in total. The molecule has 0 radical (unpaired) electrons. The summed E-state index contributed by atoms with van der Waals surface area (Å²) in [7, 11) is 0. The Hall–Kier alpha value is -1.74. The van der Waals surface area contributed by atoms with Crippen molar-refractivity contribution in [2.24, 2.45) is 0 Å². The molecule has 0 bridgehead atoms. The van der Waals surface area contributed by atoms with E-state index in [0.29, 0.717) is 11.4 Å². The first-order valence-electron chi connectivity index (χ1n) is 2.33.